The maximum atomic E-state index is 8.67. The Morgan fingerprint density at radius 1 is 1.53 bits per heavy atom. The van der Waals surface area contributed by atoms with Crippen LogP contribution in [0, 0.1) is 11.3 Å². The number of nitrogens with two attached hydrogens (primary N) is 1. The van der Waals surface area contributed by atoms with E-state index >= 15 is 0 Å². The number of halogens is 1. The van der Waals surface area contributed by atoms with Crippen LogP contribution in [0.4, 0.5) is 5.82 Å². The molecule has 0 bridgehead atoms. The minimum Gasteiger partial charge on any atom is -0.382 e. The molecular weight excluding hydrogens is 276 g/mol. The van der Waals surface area contributed by atoms with Crippen LogP contribution in [-0.2, 0) is 0 Å². The molecule has 0 aliphatic carbocycles. The van der Waals surface area contributed by atoms with Gasteiger partial charge in [0.15, 0.2) is 5.82 Å². The second kappa shape index (κ2) is 3.96. The van der Waals surface area contributed by atoms with E-state index in [1.807, 2.05) is 17.5 Å². The zero-order chi connectivity index (χ0) is 10.8. The number of hydrogen-bond donors (Lipinski definition) is 1. The van der Waals surface area contributed by atoms with Crippen molar-refractivity contribution in [3.8, 4) is 16.8 Å². The van der Waals surface area contributed by atoms with Crippen molar-refractivity contribution < 1.29 is 0 Å². The molecule has 0 spiro atoms. The average Bonchev–Trinajstić information content (AvgIpc) is 2.65. The van der Waals surface area contributed by atoms with Gasteiger partial charge in [-0.05, 0) is 22.0 Å². The largest absolute Gasteiger partial charge is 0.382 e. The van der Waals surface area contributed by atoms with Crippen molar-refractivity contribution in [2.24, 2.45) is 0 Å². The van der Waals surface area contributed by atoms with Gasteiger partial charge >= 0.3 is 0 Å². The highest BCUT2D eigenvalue weighted by molar-refractivity contribution is 9.10. The van der Waals surface area contributed by atoms with Crippen LogP contribution in [0.3, 0.4) is 0 Å². The van der Waals surface area contributed by atoms with Gasteiger partial charge in [-0.2, -0.15) is 5.26 Å². The highest BCUT2D eigenvalue weighted by atomic mass is 79.9. The van der Waals surface area contributed by atoms with E-state index in [1.54, 1.807) is 0 Å². The summed E-state index contributed by atoms with van der Waals surface area (Å²) >= 11 is 4.86. The summed E-state index contributed by atoms with van der Waals surface area (Å²) in [5.41, 5.74) is 5.90. The lowest BCUT2D eigenvalue weighted by atomic mass is 10.3. The van der Waals surface area contributed by atoms with Crippen molar-refractivity contribution in [2.45, 2.75) is 0 Å². The number of thiophene rings is 1. The molecule has 0 aliphatic rings. The molecule has 2 heterocycles. The summed E-state index contributed by atoms with van der Waals surface area (Å²) in [6.45, 7) is 0. The predicted octanol–water partition coefficient (Wildman–Crippen LogP) is 2.42. The van der Waals surface area contributed by atoms with Crippen LogP contribution >= 0.6 is 27.3 Å². The third-order valence-corrected chi connectivity index (χ3v) is 3.41. The fourth-order valence-electron chi connectivity index (χ4n) is 1.03. The first kappa shape index (κ1) is 10.1. The lowest BCUT2D eigenvalue weighted by Crippen LogP contribution is -1.97. The van der Waals surface area contributed by atoms with E-state index in [1.165, 1.54) is 17.5 Å². The van der Waals surface area contributed by atoms with E-state index in [-0.39, 0.29) is 5.82 Å². The highest BCUT2D eigenvalue weighted by Crippen LogP contribution is 2.27. The summed E-state index contributed by atoms with van der Waals surface area (Å²) in [6.07, 6.45) is 1.44. The van der Waals surface area contributed by atoms with Gasteiger partial charge in [0.05, 0.1) is 11.1 Å². The fraction of sp³-hybridized carbons (Fsp3) is 0. The summed E-state index contributed by atoms with van der Waals surface area (Å²) < 4.78 is 0.981. The van der Waals surface area contributed by atoms with E-state index < -0.39 is 0 Å². The van der Waals surface area contributed by atoms with Crippen molar-refractivity contribution in [3.63, 3.8) is 0 Å². The number of anilines is 1. The smallest absolute Gasteiger partial charge is 0.171 e. The zero-order valence-corrected chi connectivity index (χ0v) is 9.84. The molecular formula is C9H5BrN4S. The first-order valence-electron chi connectivity index (χ1n) is 3.97. The summed E-state index contributed by atoms with van der Waals surface area (Å²) in [6, 6.07) is 3.83. The Balaban J connectivity index is 2.48. The Bertz CT molecular complexity index is 543. The summed E-state index contributed by atoms with van der Waals surface area (Å²) in [4.78, 5) is 9.05. The number of nitrogen functional groups attached to an aromatic ring is 1. The molecule has 0 amide bonds. The summed E-state index contributed by atoms with van der Waals surface area (Å²) in [7, 11) is 0. The number of nitriles is 1. The molecule has 74 valence electrons. The Morgan fingerprint density at radius 2 is 2.33 bits per heavy atom. The molecule has 0 radical (unpaired) electrons. The molecule has 0 unspecified atom stereocenters. The molecule has 2 N–H and O–H groups in total. The van der Waals surface area contributed by atoms with Gasteiger partial charge in [0.2, 0.25) is 0 Å². The molecule has 4 nitrogen and oxygen atoms in total. The second-order valence-electron chi connectivity index (χ2n) is 2.73. The lowest BCUT2D eigenvalue weighted by molar-refractivity contribution is 1.18. The van der Waals surface area contributed by atoms with Crippen LogP contribution in [0.1, 0.15) is 5.56 Å². The van der Waals surface area contributed by atoms with E-state index in [4.69, 9.17) is 11.0 Å². The molecule has 0 aromatic carbocycles. The third kappa shape index (κ3) is 1.98. The number of nitrogens with zero attached hydrogens (tertiary/aromatic N) is 3. The SMILES string of the molecule is N#Cc1cnc(-c2cc(Br)cs2)nc1N. The highest BCUT2D eigenvalue weighted by Gasteiger charge is 2.07. The normalized spacial score (nSPS) is 9.87. The van der Waals surface area contributed by atoms with Gasteiger partial charge in [-0.25, -0.2) is 9.97 Å². The Kier molecular flexibility index (Phi) is 2.66. The molecule has 2 rings (SSSR count). The second-order valence-corrected chi connectivity index (χ2v) is 4.56. The van der Waals surface area contributed by atoms with Gasteiger partial charge in [0.25, 0.3) is 0 Å². The van der Waals surface area contributed by atoms with Gasteiger partial charge in [-0.3, -0.25) is 0 Å². The fourth-order valence-corrected chi connectivity index (χ4v) is 2.40. The first-order chi connectivity index (χ1) is 7.20. The van der Waals surface area contributed by atoms with Gasteiger partial charge in [-0.15, -0.1) is 11.3 Å². The average molecular weight is 281 g/mol. The van der Waals surface area contributed by atoms with Crippen molar-refractivity contribution in [1.82, 2.24) is 9.97 Å². The standard InChI is InChI=1S/C9H5BrN4S/c10-6-1-7(15-4-6)9-13-3-5(2-11)8(12)14-9/h1,3-4H,(H2,12,13,14). The maximum Gasteiger partial charge on any atom is 0.171 e. The van der Waals surface area contributed by atoms with Crippen LogP contribution in [-0.4, -0.2) is 9.97 Å². The molecule has 2 aromatic heterocycles. The third-order valence-electron chi connectivity index (χ3n) is 1.73. The van der Waals surface area contributed by atoms with Crippen LogP contribution in [0.2, 0.25) is 0 Å². The monoisotopic (exact) mass is 280 g/mol. The van der Waals surface area contributed by atoms with E-state index in [0.717, 1.165) is 9.35 Å². The van der Waals surface area contributed by atoms with Crippen molar-refractivity contribution in [2.75, 3.05) is 5.73 Å². The van der Waals surface area contributed by atoms with Gasteiger partial charge in [0.1, 0.15) is 17.5 Å². The van der Waals surface area contributed by atoms with Crippen LogP contribution < -0.4 is 5.73 Å². The maximum absolute atomic E-state index is 8.67. The minimum atomic E-state index is 0.215. The van der Waals surface area contributed by atoms with Crippen molar-refractivity contribution in [3.05, 3.63) is 27.7 Å². The topological polar surface area (TPSA) is 75.6 Å². The molecule has 0 fully saturated rings. The molecule has 0 atom stereocenters. The van der Waals surface area contributed by atoms with Crippen molar-refractivity contribution in [1.29, 1.82) is 5.26 Å². The number of aromatic nitrogens is 2. The van der Waals surface area contributed by atoms with Gasteiger partial charge in [-0.1, -0.05) is 0 Å². The quantitative estimate of drug-likeness (QED) is 0.871. The van der Waals surface area contributed by atoms with Gasteiger partial charge in [0, 0.05) is 9.85 Å². The Labute approximate surface area is 98.5 Å². The summed E-state index contributed by atoms with van der Waals surface area (Å²) in [5.74, 6) is 0.759. The van der Waals surface area contributed by atoms with E-state index in [2.05, 4.69) is 25.9 Å². The van der Waals surface area contributed by atoms with E-state index in [0.29, 0.717) is 11.4 Å². The number of rotatable bonds is 1. The van der Waals surface area contributed by atoms with Gasteiger partial charge < -0.3 is 5.73 Å². The minimum absolute atomic E-state index is 0.215. The van der Waals surface area contributed by atoms with Crippen molar-refractivity contribution >= 4 is 33.1 Å². The number of hydrogen-bond acceptors (Lipinski definition) is 5. The first-order valence-corrected chi connectivity index (χ1v) is 5.65. The molecule has 0 saturated heterocycles. The van der Waals surface area contributed by atoms with Crippen LogP contribution in [0.25, 0.3) is 10.7 Å². The predicted molar refractivity (Wildman–Crippen MR) is 62.2 cm³/mol. The van der Waals surface area contributed by atoms with Crippen LogP contribution in [0.15, 0.2) is 22.1 Å². The summed E-state index contributed by atoms with van der Waals surface area (Å²) in [5, 5.41) is 10.6. The molecule has 15 heavy (non-hydrogen) atoms. The lowest BCUT2D eigenvalue weighted by Gasteiger charge is -1.98. The zero-order valence-electron chi connectivity index (χ0n) is 7.44. The molecule has 0 aliphatic heterocycles. The molecule has 6 heteroatoms. The Hall–Kier alpha value is -1.45. The van der Waals surface area contributed by atoms with Crippen LogP contribution in [0.5, 0.6) is 0 Å². The van der Waals surface area contributed by atoms with E-state index in [9.17, 15) is 0 Å². The Morgan fingerprint density at radius 3 is 2.87 bits per heavy atom. The molecule has 2 aromatic rings. The molecule has 0 saturated carbocycles.